The molecule has 5 nitrogen and oxygen atoms in total. The zero-order chi connectivity index (χ0) is 18.3. The number of hydrogen-bond acceptors (Lipinski definition) is 3. The molecule has 1 atom stereocenters. The third kappa shape index (κ3) is 3.11. The van der Waals surface area contributed by atoms with Gasteiger partial charge in [0.1, 0.15) is 0 Å². The molecule has 0 saturated heterocycles. The van der Waals surface area contributed by atoms with Crippen molar-refractivity contribution in [2.45, 2.75) is 17.4 Å². The number of nitrogens with zero attached hydrogens (tertiary/aromatic N) is 3. The van der Waals surface area contributed by atoms with Crippen molar-refractivity contribution in [1.29, 1.82) is 0 Å². The number of aryl methyl sites for hydroxylation is 1. The SMILES string of the molecule is Cn1cc(C2CN(S(=O)(=O)c3ccc(Br)cc3)Cc3ccccc32)cn1. The second-order valence-electron chi connectivity index (χ2n) is 6.45. The van der Waals surface area contributed by atoms with E-state index in [9.17, 15) is 8.42 Å². The van der Waals surface area contributed by atoms with Crippen LogP contribution in [0.5, 0.6) is 0 Å². The van der Waals surface area contributed by atoms with Crippen molar-refractivity contribution < 1.29 is 8.42 Å². The lowest BCUT2D eigenvalue weighted by molar-refractivity contribution is 0.371. The molecular formula is C19H18BrN3O2S. The van der Waals surface area contributed by atoms with Gasteiger partial charge in [0.05, 0.1) is 11.1 Å². The number of halogens is 1. The van der Waals surface area contributed by atoms with Crippen LogP contribution in [-0.4, -0.2) is 29.0 Å². The number of benzene rings is 2. The van der Waals surface area contributed by atoms with Gasteiger partial charge < -0.3 is 0 Å². The number of fused-ring (bicyclic) bond motifs is 1. The number of aromatic nitrogens is 2. The van der Waals surface area contributed by atoms with Crippen LogP contribution in [0.25, 0.3) is 0 Å². The van der Waals surface area contributed by atoms with Gasteiger partial charge in [-0.2, -0.15) is 9.40 Å². The first-order valence-electron chi connectivity index (χ1n) is 8.27. The van der Waals surface area contributed by atoms with Crippen molar-refractivity contribution >= 4 is 26.0 Å². The number of hydrogen-bond donors (Lipinski definition) is 0. The van der Waals surface area contributed by atoms with Gasteiger partial charge in [0.2, 0.25) is 10.0 Å². The lowest BCUT2D eigenvalue weighted by Crippen LogP contribution is -2.38. The Morgan fingerprint density at radius 3 is 2.54 bits per heavy atom. The molecule has 0 radical (unpaired) electrons. The molecule has 2 aromatic carbocycles. The molecule has 4 rings (SSSR count). The van der Waals surface area contributed by atoms with E-state index in [4.69, 9.17) is 0 Å². The van der Waals surface area contributed by atoms with Gasteiger partial charge in [0, 0.05) is 36.7 Å². The Balaban J connectivity index is 1.76. The fraction of sp³-hybridized carbons (Fsp3) is 0.211. The van der Waals surface area contributed by atoms with Crippen molar-refractivity contribution in [3.05, 3.63) is 82.1 Å². The Kier molecular flexibility index (Phi) is 4.46. The van der Waals surface area contributed by atoms with Crippen LogP contribution >= 0.6 is 15.9 Å². The number of sulfonamides is 1. The Hall–Kier alpha value is -1.96. The molecule has 1 unspecified atom stereocenters. The van der Waals surface area contributed by atoms with E-state index < -0.39 is 10.0 Å². The minimum absolute atomic E-state index is 0.0288. The van der Waals surface area contributed by atoms with E-state index in [1.165, 1.54) is 5.56 Å². The molecule has 1 aliphatic rings. The van der Waals surface area contributed by atoms with Crippen LogP contribution in [0.4, 0.5) is 0 Å². The van der Waals surface area contributed by atoms with E-state index in [1.807, 2.05) is 37.6 Å². The third-order valence-electron chi connectivity index (χ3n) is 4.74. The minimum atomic E-state index is -3.57. The van der Waals surface area contributed by atoms with Gasteiger partial charge in [-0.25, -0.2) is 8.42 Å². The highest BCUT2D eigenvalue weighted by Crippen LogP contribution is 2.35. The molecule has 1 aromatic heterocycles. The summed E-state index contributed by atoms with van der Waals surface area (Å²) in [6.07, 6.45) is 3.77. The molecule has 3 aromatic rings. The van der Waals surface area contributed by atoms with E-state index in [1.54, 1.807) is 33.3 Å². The van der Waals surface area contributed by atoms with E-state index in [0.717, 1.165) is 15.6 Å². The van der Waals surface area contributed by atoms with E-state index in [-0.39, 0.29) is 5.92 Å². The maximum atomic E-state index is 13.2. The molecule has 0 N–H and O–H groups in total. The second kappa shape index (κ2) is 6.64. The summed E-state index contributed by atoms with van der Waals surface area (Å²) in [4.78, 5) is 0.310. The molecule has 0 amide bonds. The first-order valence-corrected chi connectivity index (χ1v) is 10.5. The smallest absolute Gasteiger partial charge is 0.243 e. The molecule has 134 valence electrons. The standard InChI is InChI=1S/C19H18BrN3O2S/c1-22-11-15(10-21-22)19-13-23(12-14-4-2-3-5-18(14)19)26(24,25)17-8-6-16(20)7-9-17/h2-11,19H,12-13H2,1H3. The van der Waals surface area contributed by atoms with Crippen molar-refractivity contribution in [2.24, 2.45) is 7.05 Å². The number of rotatable bonds is 3. The highest BCUT2D eigenvalue weighted by Gasteiger charge is 2.34. The van der Waals surface area contributed by atoms with Crippen molar-refractivity contribution in [3.63, 3.8) is 0 Å². The molecule has 7 heteroatoms. The normalized spacial score (nSPS) is 17.8. The summed E-state index contributed by atoms with van der Waals surface area (Å²) in [5.41, 5.74) is 3.23. The Morgan fingerprint density at radius 2 is 1.85 bits per heavy atom. The largest absolute Gasteiger partial charge is 0.276 e. The summed E-state index contributed by atoms with van der Waals surface area (Å²) in [6.45, 7) is 0.784. The van der Waals surface area contributed by atoms with Crippen LogP contribution < -0.4 is 0 Å². The molecule has 0 fully saturated rings. The molecule has 0 saturated carbocycles. The van der Waals surface area contributed by atoms with Gasteiger partial charge in [0.25, 0.3) is 0 Å². The highest BCUT2D eigenvalue weighted by molar-refractivity contribution is 9.10. The predicted octanol–water partition coefficient (Wildman–Crippen LogP) is 3.52. The highest BCUT2D eigenvalue weighted by atomic mass is 79.9. The summed E-state index contributed by atoms with van der Waals surface area (Å²) >= 11 is 3.35. The minimum Gasteiger partial charge on any atom is -0.276 e. The van der Waals surface area contributed by atoms with E-state index in [0.29, 0.717) is 18.0 Å². The summed E-state index contributed by atoms with van der Waals surface area (Å²) in [5, 5.41) is 4.26. The molecule has 2 heterocycles. The molecular weight excluding hydrogens is 414 g/mol. The Labute approximate surface area is 161 Å². The van der Waals surface area contributed by atoms with Crippen LogP contribution in [0.15, 0.2) is 70.3 Å². The monoisotopic (exact) mass is 431 g/mol. The second-order valence-corrected chi connectivity index (χ2v) is 9.30. The van der Waals surface area contributed by atoms with Crippen molar-refractivity contribution in [1.82, 2.24) is 14.1 Å². The maximum absolute atomic E-state index is 13.2. The van der Waals surface area contributed by atoms with Crippen LogP contribution in [0, 0.1) is 0 Å². The van der Waals surface area contributed by atoms with Gasteiger partial charge in [0.15, 0.2) is 0 Å². The van der Waals surface area contributed by atoms with Gasteiger partial charge >= 0.3 is 0 Å². The van der Waals surface area contributed by atoms with Crippen LogP contribution in [0.1, 0.15) is 22.6 Å². The molecule has 0 aliphatic carbocycles. The topological polar surface area (TPSA) is 55.2 Å². The maximum Gasteiger partial charge on any atom is 0.243 e. The Morgan fingerprint density at radius 1 is 1.12 bits per heavy atom. The van der Waals surface area contributed by atoms with Crippen molar-refractivity contribution in [3.8, 4) is 0 Å². The van der Waals surface area contributed by atoms with Crippen molar-refractivity contribution in [2.75, 3.05) is 6.54 Å². The van der Waals surface area contributed by atoms with Crippen LogP contribution in [0.3, 0.4) is 0 Å². The van der Waals surface area contributed by atoms with Gasteiger partial charge in [-0.3, -0.25) is 4.68 Å². The molecule has 1 aliphatic heterocycles. The van der Waals surface area contributed by atoms with Gasteiger partial charge in [-0.1, -0.05) is 40.2 Å². The van der Waals surface area contributed by atoms with Gasteiger partial charge in [-0.15, -0.1) is 0 Å². The Bertz CT molecular complexity index is 1040. The fourth-order valence-corrected chi connectivity index (χ4v) is 5.12. The summed E-state index contributed by atoms with van der Waals surface area (Å²) in [7, 11) is -1.70. The summed E-state index contributed by atoms with van der Waals surface area (Å²) < 4.78 is 30.5. The van der Waals surface area contributed by atoms with E-state index >= 15 is 0 Å². The zero-order valence-corrected chi connectivity index (χ0v) is 16.6. The molecule has 0 spiro atoms. The van der Waals surface area contributed by atoms with E-state index in [2.05, 4.69) is 27.1 Å². The molecule has 26 heavy (non-hydrogen) atoms. The van der Waals surface area contributed by atoms with Crippen LogP contribution in [-0.2, 0) is 23.6 Å². The first kappa shape index (κ1) is 17.5. The van der Waals surface area contributed by atoms with Crippen LogP contribution in [0.2, 0.25) is 0 Å². The summed E-state index contributed by atoms with van der Waals surface area (Å²) in [6, 6.07) is 14.8. The lowest BCUT2D eigenvalue weighted by atomic mass is 9.87. The predicted molar refractivity (Wildman–Crippen MR) is 103 cm³/mol. The summed E-state index contributed by atoms with van der Waals surface area (Å²) in [5.74, 6) is -0.0288. The average Bonchev–Trinajstić information content (AvgIpc) is 3.07. The quantitative estimate of drug-likeness (QED) is 0.637. The molecule has 0 bridgehead atoms. The zero-order valence-electron chi connectivity index (χ0n) is 14.2. The lowest BCUT2D eigenvalue weighted by Gasteiger charge is -2.33. The fourth-order valence-electron chi connectivity index (χ4n) is 3.42. The van der Waals surface area contributed by atoms with Gasteiger partial charge in [-0.05, 0) is 41.0 Å². The third-order valence-corrected chi connectivity index (χ3v) is 7.10. The first-order chi connectivity index (χ1) is 12.4. The average molecular weight is 432 g/mol.